The summed E-state index contributed by atoms with van der Waals surface area (Å²) in [6.45, 7) is 0. The van der Waals surface area contributed by atoms with Gasteiger partial charge in [-0.1, -0.05) is 0 Å². The summed E-state index contributed by atoms with van der Waals surface area (Å²) >= 11 is 0.866. The Bertz CT molecular complexity index is 716. The average Bonchev–Trinajstić information content (AvgIpc) is 2.96. The van der Waals surface area contributed by atoms with E-state index in [0.29, 0.717) is 4.88 Å². The van der Waals surface area contributed by atoms with Crippen LogP contribution < -0.4 is 0 Å². The van der Waals surface area contributed by atoms with Gasteiger partial charge in [0, 0.05) is 14.1 Å². The van der Waals surface area contributed by atoms with E-state index >= 15 is 0 Å². The van der Waals surface area contributed by atoms with Crippen LogP contribution in [-0.4, -0.2) is 37.0 Å². The molecule has 1 N–H and O–H groups in total. The second-order valence-corrected chi connectivity index (χ2v) is 7.53. The first-order valence-corrected chi connectivity index (χ1v) is 7.53. The van der Waals surface area contributed by atoms with Crippen molar-refractivity contribution in [1.29, 1.82) is 0 Å². The van der Waals surface area contributed by atoms with E-state index < -0.39 is 21.9 Å². The van der Waals surface area contributed by atoms with E-state index in [1.807, 2.05) is 5.10 Å². The van der Waals surface area contributed by atoms with Crippen molar-refractivity contribution < 1.29 is 21.6 Å². The number of nitrogens with one attached hydrogen (secondary N) is 1. The maximum Gasteiger partial charge on any atom is 0.432 e. The summed E-state index contributed by atoms with van der Waals surface area (Å²) in [4.78, 5) is 0.345. The van der Waals surface area contributed by atoms with Gasteiger partial charge in [-0.3, -0.25) is 5.10 Å². The number of sulfonamides is 1. The largest absolute Gasteiger partial charge is 0.432 e. The van der Waals surface area contributed by atoms with Crippen LogP contribution in [0.25, 0.3) is 10.6 Å². The molecule has 10 heteroatoms. The molecule has 2 heterocycles. The number of hydrogen-bond acceptors (Lipinski definition) is 4. The van der Waals surface area contributed by atoms with Gasteiger partial charge in [-0.2, -0.15) is 18.3 Å². The molecule has 0 spiro atoms. The highest BCUT2D eigenvalue weighted by Gasteiger charge is 2.33. The lowest BCUT2D eigenvalue weighted by Crippen LogP contribution is -2.21. The second kappa shape index (κ2) is 4.86. The number of H-pyrrole nitrogens is 1. The first kappa shape index (κ1) is 15.0. The summed E-state index contributed by atoms with van der Waals surface area (Å²) in [5.41, 5.74) is -0.916. The first-order chi connectivity index (χ1) is 9.12. The molecule has 0 fully saturated rings. The highest BCUT2D eigenvalue weighted by Crippen LogP contribution is 2.34. The molecular formula is C10H10F3N3O2S2. The molecule has 0 radical (unpaired) electrons. The highest BCUT2D eigenvalue weighted by molar-refractivity contribution is 7.91. The molecule has 0 saturated carbocycles. The normalized spacial score (nSPS) is 13.1. The Morgan fingerprint density at radius 1 is 1.30 bits per heavy atom. The fourth-order valence-electron chi connectivity index (χ4n) is 1.37. The minimum Gasteiger partial charge on any atom is -0.273 e. The molecule has 2 aromatic rings. The summed E-state index contributed by atoms with van der Waals surface area (Å²) in [6.07, 6.45) is -4.51. The Morgan fingerprint density at radius 2 is 1.95 bits per heavy atom. The molecular weight excluding hydrogens is 315 g/mol. The number of thiophene rings is 1. The van der Waals surface area contributed by atoms with Gasteiger partial charge >= 0.3 is 6.18 Å². The molecule has 110 valence electrons. The second-order valence-electron chi connectivity index (χ2n) is 4.07. The topological polar surface area (TPSA) is 66.1 Å². The highest BCUT2D eigenvalue weighted by atomic mass is 32.2. The predicted octanol–water partition coefficient (Wildman–Crippen LogP) is 2.41. The van der Waals surface area contributed by atoms with Crippen molar-refractivity contribution in [3.8, 4) is 10.6 Å². The van der Waals surface area contributed by atoms with Crippen LogP contribution in [0, 0.1) is 0 Å². The minimum absolute atomic E-state index is 0.0501. The van der Waals surface area contributed by atoms with E-state index in [-0.39, 0.29) is 9.90 Å². The SMILES string of the molecule is CN(C)S(=O)(=O)c1ccc(-c2cc(C(F)(F)F)[nH]n2)s1. The zero-order chi connectivity index (χ0) is 15.1. The Labute approximate surface area is 117 Å². The van der Waals surface area contributed by atoms with Gasteiger partial charge in [0.1, 0.15) is 15.6 Å². The molecule has 0 aliphatic heterocycles. The quantitative estimate of drug-likeness (QED) is 0.942. The molecule has 0 aliphatic carbocycles. The van der Waals surface area contributed by atoms with Crippen molar-refractivity contribution in [1.82, 2.24) is 14.5 Å². The lowest BCUT2D eigenvalue weighted by molar-refractivity contribution is -0.141. The summed E-state index contributed by atoms with van der Waals surface area (Å²) in [5, 5.41) is 5.44. The van der Waals surface area contributed by atoms with Crippen LogP contribution in [0.3, 0.4) is 0 Å². The zero-order valence-corrected chi connectivity index (χ0v) is 12.0. The number of rotatable bonds is 3. The molecule has 20 heavy (non-hydrogen) atoms. The van der Waals surface area contributed by atoms with E-state index in [0.717, 1.165) is 21.7 Å². The van der Waals surface area contributed by atoms with E-state index in [9.17, 15) is 21.6 Å². The smallest absolute Gasteiger partial charge is 0.273 e. The van der Waals surface area contributed by atoms with Crippen LogP contribution in [0.5, 0.6) is 0 Å². The third-order valence-electron chi connectivity index (χ3n) is 2.45. The monoisotopic (exact) mass is 325 g/mol. The zero-order valence-electron chi connectivity index (χ0n) is 10.4. The lowest BCUT2D eigenvalue weighted by atomic mass is 10.3. The maximum atomic E-state index is 12.4. The van der Waals surface area contributed by atoms with Gasteiger partial charge in [0.15, 0.2) is 0 Å². The number of halogens is 3. The van der Waals surface area contributed by atoms with Gasteiger partial charge in [-0.25, -0.2) is 12.7 Å². The minimum atomic E-state index is -4.51. The summed E-state index contributed by atoms with van der Waals surface area (Å²) in [7, 11) is -0.834. The molecule has 0 saturated heterocycles. The fourth-order valence-corrected chi connectivity index (χ4v) is 3.81. The molecule has 0 atom stereocenters. The standard InChI is InChI=1S/C10H10F3N3O2S2/c1-16(2)20(17,18)9-4-3-7(19-9)6-5-8(15-14-6)10(11,12)13/h3-5H,1-2H3,(H,14,15). The predicted molar refractivity (Wildman–Crippen MR) is 67.8 cm³/mol. The van der Waals surface area contributed by atoms with Crippen LogP contribution in [0.15, 0.2) is 22.4 Å². The van der Waals surface area contributed by atoms with Crippen LogP contribution in [0.1, 0.15) is 5.69 Å². The Morgan fingerprint density at radius 3 is 2.45 bits per heavy atom. The Balaban J connectivity index is 2.37. The third kappa shape index (κ3) is 2.72. The maximum absolute atomic E-state index is 12.4. The van der Waals surface area contributed by atoms with Gasteiger partial charge in [0.05, 0.1) is 4.88 Å². The summed E-state index contributed by atoms with van der Waals surface area (Å²) in [6, 6.07) is 3.62. The van der Waals surface area contributed by atoms with E-state index in [1.54, 1.807) is 0 Å². The third-order valence-corrected chi connectivity index (χ3v) is 5.84. The summed E-state index contributed by atoms with van der Waals surface area (Å²) in [5.74, 6) is 0. The number of hydrogen-bond donors (Lipinski definition) is 1. The Hall–Kier alpha value is -1.39. The molecule has 0 bridgehead atoms. The molecule has 0 aromatic carbocycles. The van der Waals surface area contributed by atoms with Crippen molar-refractivity contribution >= 4 is 21.4 Å². The Kier molecular flexibility index (Phi) is 3.65. The van der Waals surface area contributed by atoms with E-state index in [4.69, 9.17) is 0 Å². The van der Waals surface area contributed by atoms with Gasteiger partial charge < -0.3 is 0 Å². The van der Waals surface area contributed by atoms with Crippen molar-refractivity contribution in [3.05, 3.63) is 23.9 Å². The number of alkyl halides is 3. The summed E-state index contributed by atoms with van der Waals surface area (Å²) < 4.78 is 62.2. The number of nitrogens with zero attached hydrogens (tertiary/aromatic N) is 2. The van der Waals surface area contributed by atoms with Gasteiger partial charge in [-0.05, 0) is 18.2 Å². The first-order valence-electron chi connectivity index (χ1n) is 5.27. The lowest BCUT2D eigenvalue weighted by Gasteiger charge is -2.08. The van der Waals surface area contributed by atoms with Crippen LogP contribution in [-0.2, 0) is 16.2 Å². The molecule has 5 nitrogen and oxygen atoms in total. The van der Waals surface area contributed by atoms with Crippen LogP contribution >= 0.6 is 11.3 Å². The average molecular weight is 325 g/mol. The van der Waals surface area contributed by atoms with E-state index in [1.165, 1.54) is 26.2 Å². The number of aromatic amines is 1. The molecule has 2 aromatic heterocycles. The number of aromatic nitrogens is 2. The van der Waals surface area contributed by atoms with Gasteiger partial charge in [-0.15, -0.1) is 11.3 Å². The fraction of sp³-hybridized carbons (Fsp3) is 0.300. The molecule has 0 aliphatic rings. The van der Waals surface area contributed by atoms with Crippen molar-refractivity contribution in [2.45, 2.75) is 10.4 Å². The molecule has 0 amide bonds. The molecule has 2 rings (SSSR count). The molecule has 0 unspecified atom stereocenters. The van der Waals surface area contributed by atoms with Crippen molar-refractivity contribution in [2.24, 2.45) is 0 Å². The van der Waals surface area contributed by atoms with E-state index in [2.05, 4.69) is 5.10 Å². The van der Waals surface area contributed by atoms with Crippen LogP contribution in [0.4, 0.5) is 13.2 Å². The van der Waals surface area contributed by atoms with Crippen molar-refractivity contribution in [3.63, 3.8) is 0 Å². The van der Waals surface area contributed by atoms with Gasteiger partial charge in [0.2, 0.25) is 0 Å². The van der Waals surface area contributed by atoms with Crippen LogP contribution in [0.2, 0.25) is 0 Å². The van der Waals surface area contributed by atoms with Crippen molar-refractivity contribution in [2.75, 3.05) is 14.1 Å². The van der Waals surface area contributed by atoms with Gasteiger partial charge in [0.25, 0.3) is 10.0 Å².